The van der Waals surface area contributed by atoms with Crippen LogP contribution >= 0.6 is 11.8 Å². The van der Waals surface area contributed by atoms with Crippen molar-refractivity contribution in [2.75, 3.05) is 0 Å². The summed E-state index contributed by atoms with van der Waals surface area (Å²) in [6, 6.07) is 12.8. The fraction of sp³-hybridized carbons (Fsp3) is 0.143. The van der Waals surface area contributed by atoms with Gasteiger partial charge in [0.2, 0.25) is 0 Å². The Labute approximate surface area is 115 Å². The van der Waals surface area contributed by atoms with Crippen LogP contribution in [0.15, 0.2) is 52.3 Å². The molecule has 0 aliphatic carbocycles. The first kappa shape index (κ1) is 13.6. The third-order valence-corrected chi connectivity index (χ3v) is 3.67. The van der Waals surface area contributed by atoms with E-state index < -0.39 is 4.92 Å². The van der Waals surface area contributed by atoms with Crippen LogP contribution in [0.3, 0.4) is 0 Å². The van der Waals surface area contributed by atoms with Crippen molar-refractivity contribution in [2.24, 2.45) is 0 Å². The number of nitro benzene ring substituents is 1. The van der Waals surface area contributed by atoms with E-state index in [1.165, 1.54) is 23.4 Å². The Hall–Kier alpha value is -1.85. The fourth-order valence-electron chi connectivity index (χ4n) is 1.67. The number of aliphatic hydroxyl groups is 1. The Morgan fingerprint density at radius 3 is 2.37 bits per heavy atom. The van der Waals surface area contributed by atoms with Gasteiger partial charge in [0.1, 0.15) is 0 Å². The Kier molecular flexibility index (Phi) is 4.19. The summed E-state index contributed by atoms with van der Waals surface area (Å²) in [5, 5.41) is 20.0. The van der Waals surface area contributed by atoms with Crippen LogP contribution in [0.25, 0.3) is 0 Å². The highest BCUT2D eigenvalue weighted by atomic mass is 32.2. The van der Waals surface area contributed by atoms with Crippen LogP contribution in [0.5, 0.6) is 0 Å². The molecule has 2 rings (SSSR count). The van der Waals surface area contributed by atoms with Crippen LogP contribution in [0.4, 0.5) is 5.69 Å². The zero-order chi connectivity index (χ0) is 13.8. The summed E-state index contributed by atoms with van der Waals surface area (Å²) in [6.45, 7) is 1.68. The van der Waals surface area contributed by atoms with Crippen molar-refractivity contribution in [1.82, 2.24) is 0 Å². The van der Waals surface area contributed by atoms with Gasteiger partial charge in [-0.3, -0.25) is 10.1 Å². The maximum Gasteiger partial charge on any atom is 0.274 e. The lowest BCUT2D eigenvalue weighted by molar-refractivity contribution is -0.385. The predicted molar refractivity (Wildman–Crippen MR) is 74.3 cm³/mol. The van der Waals surface area contributed by atoms with E-state index in [9.17, 15) is 15.2 Å². The molecule has 0 aromatic heterocycles. The van der Waals surface area contributed by atoms with E-state index in [1.54, 1.807) is 12.1 Å². The van der Waals surface area contributed by atoms with E-state index in [4.69, 9.17) is 0 Å². The second-order valence-electron chi connectivity index (χ2n) is 4.12. The highest BCUT2D eigenvalue weighted by Crippen LogP contribution is 2.31. The standard InChI is InChI=1S/C14H13NO3S/c1-10-2-4-12(5-3-10)19-13-6-7-14(15(17)18)11(8-13)9-16/h2-8,16H,9H2,1H3. The van der Waals surface area contributed by atoms with Gasteiger partial charge >= 0.3 is 0 Å². The van der Waals surface area contributed by atoms with Gasteiger partial charge in [0.25, 0.3) is 5.69 Å². The first-order chi connectivity index (χ1) is 9.10. The molecule has 0 fully saturated rings. The van der Waals surface area contributed by atoms with Crippen LogP contribution in [0, 0.1) is 17.0 Å². The smallest absolute Gasteiger partial charge is 0.274 e. The number of benzene rings is 2. The molecule has 2 aromatic rings. The molecule has 98 valence electrons. The van der Waals surface area contributed by atoms with Gasteiger partial charge in [-0.25, -0.2) is 0 Å². The van der Waals surface area contributed by atoms with E-state index >= 15 is 0 Å². The third-order valence-electron chi connectivity index (χ3n) is 2.67. The summed E-state index contributed by atoms with van der Waals surface area (Å²) >= 11 is 1.51. The summed E-state index contributed by atoms with van der Waals surface area (Å²) in [5.41, 5.74) is 1.47. The lowest BCUT2D eigenvalue weighted by Crippen LogP contribution is -1.95. The maximum absolute atomic E-state index is 10.8. The molecule has 0 heterocycles. The van der Waals surface area contributed by atoms with E-state index in [1.807, 2.05) is 31.2 Å². The molecule has 0 bridgehead atoms. The minimum Gasteiger partial charge on any atom is -0.391 e. The zero-order valence-electron chi connectivity index (χ0n) is 10.4. The van der Waals surface area contributed by atoms with Crippen LogP contribution in [-0.4, -0.2) is 10.0 Å². The van der Waals surface area contributed by atoms with Gasteiger partial charge in [-0.1, -0.05) is 29.5 Å². The highest BCUT2D eigenvalue weighted by molar-refractivity contribution is 7.99. The van der Waals surface area contributed by atoms with Crippen molar-refractivity contribution in [3.05, 3.63) is 63.7 Å². The van der Waals surface area contributed by atoms with Crippen LogP contribution < -0.4 is 0 Å². The van der Waals surface area contributed by atoms with Gasteiger partial charge in [0, 0.05) is 15.9 Å². The Balaban J connectivity index is 2.26. The molecule has 0 saturated heterocycles. The summed E-state index contributed by atoms with van der Waals surface area (Å²) in [6.07, 6.45) is 0. The monoisotopic (exact) mass is 275 g/mol. The van der Waals surface area contributed by atoms with E-state index in [0.29, 0.717) is 5.56 Å². The lowest BCUT2D eigenvalue weighted by atomic mass is 10.2. The molecule has 0 saturated carbocycles. The van der Waals surface area contributed by atoms with E-state index in [0.717, 1.165) is 9.79 Å². The van der Waals surface area contributed by atoms with Crippen molar-refractivity contribution >= 4 is 17.4 Å². The largest absolute Gasteiger partial charge is 0.391 e. The minimum absolute atomic E-state index is 0.0456. The van der Waals surface area contributed by atoms with Crippen LogP contribution in [-0.2, 0) is 6.61 Å². The molecule has 1 N–H and O–H groups in total. The van der Waals surface area contributed by atoms with Gasteiger partial charge in [0.05, 0.1) is 17.1 Å². The molecule has 5 heteroatoms. The number of aliphatic hydroxyl groups excluding tert-OH is 1. The molecule has 0 aliphatic rings. The number of aryl methyl sites for hydroxylation is 1. The number of hydrogen-bond acceptors (Lipinski definition) is 4. The van der Waals surface area contributed by atoms with Crippen molar-refractivity contribution < 1.29 is 10.0 Å². The molecule has 0 spiro atoms. The fourth-order valence-corrected chi connectivity index (χ4v) is 2.55. The van der Waals surface area contributed by atoms with Crippen molar-refractivity contribution in [3.8, 4) is 0 Å². The van der Waals surface area contributed by atoms with Gasteiger partial charge in [-0.2, -0.15) is 0 Å². The van der Waals surface area contributed by atoms with Crippen molar-refractivity contribution in [1.29, 1.82) is 0 Å². The first-order valence-corrected chi connectivity index (χ1v) is 6.54. The molecule has 19 heavy (non-hydrogen) atoms. The minimum atomic E-state index is -0.480. The topological polar surface area (TPSA) is 63.4 Å². The Morgan fingerprint density at radius 1 is 1.16 bits per heavy atom. The summed E-state index contributed by atoms with van der Waals surface area (Å²) < 4.78 is 0. The van der Waals surface area contributed by atoms with Gasteiger partial charge in [-0.15, -0.1) is 0 Å². The molecular formula is C14H13NO3S. The molecule has 0 amide bonds. The van der Waals surface area contributed by atoms with Gasteiger partial charge < -0.3 is 5.11 Å². The van der Waals surface area contributed by atoms with Crippen LogP contribution in [0.1, 0.15) is 11.1 Å². The van der Waals surface area contributed by atoms with Crippen molar-refractivity contribution in [2.45, 2.75) is 23.3 Å². The second-order valence-corrected chi connectivity index (χ2v) is 5.27. The quantitative estimate of drug-likeness (QED) is 0.684. The molecule has 0 atom stereocenters. The molecule has 0 aliphatic heterocycles. The Morgan fingerprint density at radius 2 is 1.79 bits per heavy atom. The molecule has 4 nitrogen and oxygen atoms in total. The molecule has 0 unspecified atom stereocenters. The second kappa shape index (κ2) is 5.86. The summed E-state index contributed by atoms with van der Waals surface area (Å²) in [5.74, 6) is 0. The SMILES string of the molecule is Cc1ccc(Sc2ccc([N+](=O)[O-])c(CO)c2)cc1. The van der Waals surface area contributed by atoms with Crippen LogP contribution in [0.2, 0.25) is 0 Å². The maximum atomic E-state index is 10.8. The normalized spacial score (nSPS) is 10.4. The summed E-state index contributed by atoms with van der Waals surface area (Å²) in [7, 11) is 0. The van der Waals surface area contributed by atoms with Gasteiger partial charge in [-0.05, 0) is 31.2 Å². The average Bonchev–Trinajstić information content (AvgIpc) is 2.41. The first-order valence-electron chi connectivity index (χ1n) is 5.73. The number of nitro groups is 1. The predicted octanol–water partition coefficient (Wildman–Crippen LogP) is 3.55. The molecule has 2 aromatic carbocycles. The lowest BCUT2D eigenvalue weighted by Gasteiger charge is -2.05. The molecule has 0 radical (unpaired) electrons. The highest BCUT2D eigenvalue weighted by Gasteiger charge is 2.13. The Bertz CT molecular complexity index is 596. The number of nitrogens with zero attached hydrogens (tertiary/aromatic N) is 1. The number of hydrogen-bond donors (Lipinski definition) is 1. The molecular weight excluding hydrogens is 262 g/mol. The number of rotatable bonds is 4. The zero-order valence-corrected chi connectivity index (χ0v) is 11.2. The summed E-state index contributed by atoms with van der Waals surface area (Å²) in [4.78, 5) is 12.2. The third kappa shape index (κ3) is 3.33. The van der Waals surface area contributed by atoms with E-state index in [-0.39, 0.29) is 12.3 Å². The average molecular weight is 275 g/mol. The van der Waals surface area contributed by atoms with Crippen molar-refractivity contribution in [3.63, 3.8) is 0 Å². The van der Waals surface area contributed by atoms with E-state index in [2.05, 4.69) is 0 Å². The van der Waals surface area contributed by atoms with Gasteiger partial charge in [0.15, 0.2) is 0 Å².